The van der Waals surface area contributed by atoms with Gasteiger partial charge in [-0.25, -0.2) is 4.79 Å². The Labute approximate surface area is 183 Å². The second kappa shape index (κ2) is 6.16. The van der Waals surface area contributed by atoms with E-state index in [1.165, 1.54) is 7.11 Å². The van der Waals surface area contributed by atoms with Crippen LogP contribution in [-0.2, 0) is 16.5 Å². The summed E-state index contributed by atoms with van der Waals surface area (Å²) in [5, 5.41) is 3.01. The van der Waals surface area contributed by atoms with Crippen molar-refractivity contribution in [3.8, 4) is 11.5 Å². The second-order valence-electron chi connectivity index (χ2n) is 8.85. The third kappa shape index (κ3) is 2.36. The fourth-order valence-corrected chi connectivity index (χ4v) is 5.08. The smallest absolute Gasteiger partial charge is 0.496 e. The number of pyridine rings is 1. The molecule has 0 bridgehead atoms. The standard InChI is InChI=1S/C25H21NO6/c1-25(2)23-22(30-24(28)31-23)19-17(32-25)11-16(29-4)18-20(19)26(3)15-10-13-8-6-5-7-12(13)9-14(15)21(18)27/h5-11,22-23H,1-4H3/t22-,23-/m0/s1. The quantitative estimate of drug-likeness (QED) is 0.324. The van der Waals surface area contributed by atoms with Crippen molar-refractivity contribution in [1.82, 2.24) is 4.57 Å². The molecular formula is C25H21NO6. The van der Waals surface area contributed by atoms with Gasteiger partial charge in [0.15, 0.2) is 12.2 Å². The highest BCUT2D eigenvalue weighted by atomic mass is 16.8. The highest BCUT2D eigenvalue weighted by Crippen LogP contribution is 2.51. The van der Waals surface area contributed by atoms with Crippen molar-refractivity contribution in [2.24, 2.45) is 7.05 Å². The van der Waals surface area contributed by atoms with E-state index in [9.17, 15) is 9.59 Å². The molecule has 3 aromatic carbocycles. The molecule has 0 aliphatic carbocycles. The summed E-state index contributed by atoms with van der Waals surface area (Å²) in [7, 11) is 3.42. The zero-order chi connectivity index (χ0) is 22.4. The fraction of sp³-hybridized carbons (Fsp3) is 0.280. The van der Waals surface area contributed by atoms with Crippen molar-refractivity contribution in [2.75, 3.05) is 7.11 Å². The molecule has 32 heavy (non-hydrogen) atoms. The number of nitrogens with zero attached hydrogens (tertiary/aromatic N) is 1. The van der Waals surface area contributed by atoms with Gasteiger partial charge in [-0.15, -0.1) is 0 Å². The summed E-state index contributed by atoms with van der Waals surface area (Å²) in [5.74, 6) is 0.919. The summed E-state index contributed by atoms with van der Waals surface area (Å²) in [5.41, 5.74) is 1.03. The molecule has 2 aliphatic rings. The summed E-state index contributed by atoms with van der Waals surface area (Å²) in [6, 6.07) is 13.5. The number of fused-ring (bicyclic) bond motifs is 7. The first-order valence-corrected chi connectivity index (χ1v) is 10.4. The summed E-state index contributed by atoms with van der Waals surface area (Å²) in [4.78, 5) is 25.8. The highest BCUT2D eigenvalue weighted by molar-refractivity contribution is 6.04. The number of aromatic nitrogens is 1. The lowest BCUT2D eigenvalue weighted by Gasteiger charge is -2.39. The molecule has 7 heteroatoms. The highest BCUT2D eigenvalue weighted by Gasteiger charge is 2.54. The molecular weight excluding hydrogens is 410 g/mol. The van der Waals surface area contributed by atoms with E-state index in [-0.39, 0.29) is 5.43 Å². The fourth-order valence-electron chi connectivity index (χ4n) is 5.08. The Morgan fingerprint density at radius 3 is 2.47 bits per heavy atom. The summed E-state index contributed by atoms with van der Waals surface area (Å²) >= 11 is 0. The minimum Gasteiger partial charge on any atom is -0.496 e. The number of ether oxygens (including phenoxy) is 4. The second-order valence-corrected chi connectivity index (χ2v) is 8.85. The molecule has 1 fully saturated rings. The third-order valence-corrected chi connectivity index (χ3v) is 6.58. The summed E-state index contributed by atoms with van der Waals surface area (Å²) in [6.45, 7) is 3.69. The lowest BCUT2D eigenvalue weighted by Crippen LogP contribution is -2.48. The van der Waals surface area contributed by atoms with Gasteiger partial charge in [-0.1, -0.05) is 24.3 Å². The van der Waals surface area contributed by atoms with Crippen LogP contribution in [0.15, 0.2) is 47.3 Å². The molecule has 7 nitrogen and oxygen atoms in total. The Kier molecular flexibility index (Phi) is 3.65. The topological polar surface area (TPSA) is 76.0 Å². The molecule has 1 aromatic heterocycles. The van der Waals surface area contributed by atoms with E-state index in [2.05, 4.69) is 0 Å². The zero-order valence-electron chi connectivity index (χ0n) is 18.1. The molecule has 0 spiro atoms. The van der Waals surface area contributed by atoms with Gasteiger partial charge in [0, 0.05) is 18.5 Å². The molecule has 2 atom stereocenters. The third-order valence-electron chi connectivity index (χ3n) is 6.58. The van der Waals surface area contributed by atoms with Crippen LogP contribution in [0.4, 0.5) is 4.79 Å². The number of methoxy groups -OCH3 is 1. The number of rotatable bonds is 1. The number of hydrogen-bond acceptors (Lipinski definition) is 6. The van der Waals surface area contributed by atoms with Crippen molar-refractivity contribution < 1.29 is 23.7 Å². The molecule has 0 N–H and O–H groups in total. The molecule has 162 valence electrons. The first-order chi connectivity index (χ1) is 15.3. The molecule has 0 amide bonds. The van der Waals surface area contributed by atoms with E-state index in [0.29, 0.717) is 33.4 Å². The van der Waals surface area contributed by atoms with Gasteiger partial charge in [-0.2, -0.15) is 0 Å². The van der Waals surface area contributed by atoms with Crippen molar-refractivity contribution in [3.05, 3.63) is 58.3 Å². The molecule has 4 aromatic rings. The Morgan fingerprint density at radius 2 is 1.75 bits per heavy atom. The number of carbonyl (C=O) groups is 1. The molecule has 1 saturated heterocycles. The SMILES string of the molecule is COc1cc2c(c3c1c(=O)c1cc4ccccc4cc1n3C)[C@@H]1OC(=O)O[C@@H]1C(C)(C)O2. The van der Waals surface area contributed by atoms with Crippen LogP contribution in [0.25, 0.3) is 32.6 Å². The van der Waals surface area contributed by atoms with Crippen LogP contribution in [0.2, 0.25) is 0 Å². The predicted octanol–water partition coefficient (Wildman–Crippen LogP) is 4.60. The molecule has 3 heterocycles. The van der Waals surface area contributed by atoms with E-state index in [0.717, 1.165) is 16.3 Å². The van der Waals surface area contributed by atoms with Gasteiger partial charge >= 0.3 is 6.16 Å². The van der Waals surface area contributed by atoms with Crippen LogP contribution in [-0.4, -0.2) is 29.5 Å². The van der Waals surface area contributed by atoms with Crippen LogP contribution in [0.3, 0.4) is 0 Å². The average Bonchev–Trinajstić information content (AvgIpc) is 3.17. The normalized spacial score (nSPS) is 21.1. The minimum absolute atomic E-state index is 0.148. The van der Waals surface area contributed by atoms with Gasteiger partial charge in [0.1, 0.15) is 17.1 Å². The van der Waals surface area contributed by atoms with Gasteiger partial charge in [-0.05, 0) is 36.8 Å². The van der Waals surface area contributed by atoms with Crippen LogP contribution < -0.4 is 14.9 Å². The van der Waals surface area contributed by atoms with Crippen LogP contribution in [0.5, 0.6) is 11.5 Å². The van der Waals surface area contributed by atoms with Crippen LogP contribution in [0, 0.1) is 0 Å². The molecule has 0 saturated carbocycles. The largest absolute Gasteiger partial charge is 0.509 e. The molecule has 0 radical (unpaired) electrons. The van der Waals surface area contributed by atoms with E-state index < -0.39 is 24.0 Å². The van der Waals surface area contributed by atoms with Crippen molar-refractivity contribution in [1.29, 1.82) is 0 Å². The summed E-state index contributed by atoms with van der Waals surface area (Å²) in [6.07, 6.45) is -2.08. The molecule has 2 aliphatic heterocycles. The van der Waals surface area contributed by atoms with E-state index in [1.54, 1.807) is 6.07 Å². The van der Waals surface area contributed by atoms with Gasteiger partial charge in [-0.3, -0.25) is 4.79 Å². The van der Waals surface area contributed by atoms with Gasteiger partial charge in [0.25, 0.3) is 0 Å². The Balaban J connectivity index is 1.81. The van der Waals surface area contributed by atoms with E-state index in [4.69, 9.17) is 18.9 Å². The average molecular weight is 431 g/mol. The van der Waals surface area contributed by atoms with Crippen molar-refractivity contribution >= 4 is 38.7 Å². The van der Waals surface area contributed by atoms with Crippen molar-refractivity contribution in [2.45, 2.75) is 31.7 Å². The maximum Gasteiger partial charge on any atom is 0.509 e. The van der Waals surface area contributed by atoms with Crippen LogP contribution in [0.1, 0.15) is 25.5 Å². The van der Waals surface area contributed by atoms with E-state index >= 15 is 0 Å². The number of hydrogen-bond donors (Lipinski definition) is 0. The van der Waals surface area contributed by atoms with Gasteiger partial charge in [0.2, 0.25) is 5.43 Å². The lowest BCUT2D eigenvalue weighted by molar-refractivity contribution is -0.0499. The van der Waals surface area contributed by atoms with Gasteiger partial charge < -0.3 is 23.5 Å². The van der Waals surface area contributed by atoms with E-state index in [1.807, 2.05) is 61.9 Å². The van der Waals surface area contributed by atoms with Crippen LogP contribution >= 0.6 is 0 Å². The Hall–Kier alpha value is -3.74. The lowest BCUT2D eigenvalue weighted by atomic mass is 9.86. The maximum absolute atomic E-state index is 13.8. The number of carbonyl (C=O) groups excluding carboxylic acids is 1. The predicted molar refractivity (Wildman–Crippen MR) is 120 cm³/mol. The van der Waals surface area contributed by atoms with Gasteiger partial charge in [0.05, 0.1) is 29.1 Å². The van der Waals surface area contributed by atoms with Crippen molar-refractivity contribution in [3.63, 3.8) is 0 Å². The first kappa shape index (κ1) is 19.0. The first-order valence-electron chi connectivity index (χ1n) is 10.4. The number of benzene rings is 3. The zero-order valence-corrected chi connectivity index (χ0v) is 18.1. The maximum atomic E-state index is 13.8. The molecule has 0 unspecified atom stereocenters. The Morgan fingerprint density at radius 1 is 1.03 bits per heavy atom. The Bertz CT molecular complexity index is 1530. The molecule has 6 rings (SSSR count). The summed E-state index contributed by atoms with van der Waals surface area (Å²) < 4.78 is 24.9. The number of aryl methyl sites for hydroxylation is 1. The monoisotopic (exact) mass is 431 g/mol. The minimum atomic E-state index is -0.811.